The average molecular weight is 409 g/mol. The number of esters is 1. The van der Waals surface area contributed by atoms with E-state index in [2.05, 4.69) is 10.7 Å². The van der Waals surface area contributed by atoms with Crippen LogP contribution in [0.25, 0.3) is 0 Å². The Labute approximate surface area is 174 Å². The summed E-state index contributed by atoms with van der Waals surface area (Å²) in [4.78, 5) is 49.9. The van der Waals surface area contributed by atoms with Gasteiger partial charge in [-0.2, -0.15) is 5.01 Å². The van der Waals surface area contributed by atoms with Crippen molar-refractivity contribution >= 4 is 23.8 Å². The quantitative estimate of drug-likeness (QED) is 0.563. The van der Waals surface area contributed by atoms with Gasteiger partial charge in [0, 0.05) is 0 Å². The van der Waals surface area contributed by atoms with E-state index in [1.165, 1.54) is 0 Å². The average Bonchev–Trinajstić information content (AvgIpc) is 2.99. The van der Waals surface area contributed by atoms with Gasteiger partial charge in [-0.25, -0.2) is 9.59 Å². The van der Waals surface area contributed by atoms with Gasteiger partial charge in [0.15, 0.2) is 6.61 Å². The van der Waals surface area contributed by atoms with Gasteiger partial charge in [0.05, 0.1) is 5.56 Å². The zero-order chi connectivity index (χ0) is 21.9. The number of urea groups is 1. The van der Waals surface area contributed by atoms with Crippen LogP contribution < -0.4 is 10.7 Å². The molecule has 8 nitrogen and oxygen atoms in total. The molecule has 3 rings (SSSR count). The molecule has 0 aliphatic carbocycles. The van der Waals surface area contributed by atoms with Crippen LogP contribution >= 0.6 is 0 Å². The van der Waals surface area contributed by atoms with E-state index < -0.39 is 36.0 Å². The molecular formula is C22H23N3O5. The third kappa shape index (κ3) is 3.76. The van der Waals surface area contributed by atoms with E-state index in [1.807, 2.05) is 13.0 Å². The van der Waals surface area contributed by atoms with E-state index in [4.69, 9.17) is 4.74 Å². The molecule has 1 fully saturated rings. The lowest BCUT2D eigenvalue weighted by molar-refractivity contribution is -0.140. The highest BCUT2D eigenvalue weighted by molar-refractivity contribution is 6.08. The molecule has 0 unspecified atom stereocenters. The second-order valence-corrected chi connectivity index (χ2v) is 7.05. The molecule has 30 heavy (non-hydrogen) atoms. The summed E-state index contributed by atoms with van der Waals surface area (Å²) in [6.45, 7) is 4.78. The molecule has 0 spiro atoms. The van der Waals surface area contributed by atoms with Crippen molar-refractivity contribution in [1.82, 2.24) is 15.8 Å². The molecule has 1 atom stereocenters. The minimum absolute atomic E-state index is 0.301. The SMILES string of the molecule is CC[C@@]1(c2ccccc2)NC(=O)N(NC(=O)COC(=O)c2cccc(C)c2C)C1=O. The summed E-state index contributed by atoms with van der Waals surface area (Å²) in [7, 11) is 0. The van der Waals surface area contributed by atoms with Crippen LogP contribution in [0.3, 0.4) is 0 Å². The van der Waals surface area contributed by atoms with Crippen molar-refractivity contribution in [2.75, 3.05) is 6.61 Å². The lowest BCUT2D eigenvalue weighted by Crippen LogP contribution is -2.49. The van der Waals surface area contributed by atoms with Crippen molar-refractivity contribution in [2.24, 2.45) is 0 Å². The molecule has 156 valence electrons. The van der Waals surface area contributed by atoms with E-state index in [1.54, 1.807) is 56.3 Å². The van der Waals surface area contributed by atoms with E-state index in [0.717, 1.165) is 11.1 Å². The van der Waals surface area contributed by atoms with Crippen LogP contribution in [0.2, 0.25) is 0 Å². The van der Waals surface area contributed by atoms with Crippen LogP contribution in [0.4, 0.5) is 4.79 Å². The molecule has 2 aromatic carbocycles. The highest BCUT2D eigenvalue weighted by Crippen LogP contribution is 2.31. The maximum atomic E-state index is 13.0. The summed E-state index contributed by atoms with van der Waals surface area (Å²) in [6, 6.07) is 13.2. The third-order valence-corrected chi connectivity index (χ3v) is 5.28. The summed E-state index contributed by atoms with van der Waals surface area (Å²) < 4.78 is 5.05. The minimum Gasteiger partial charge on any atom is -0.452 e. The molecule has 1 aliphatic heterocycles. The molecule has 4 amide bonds. The van der Waals surface area contributed by atoms with Crippen molar-refractivity contribution in [1.29, 1.82) is 0 Å². The highest BCUT2D eigenvalue weighted by Gasteiger charge is 2.52. The smallest absolute Gasteiger partial charge is 0.344 e. The molecule has 2 aromatic rings. The van der Waals surface area contributed by atoms with Crippen LogP contribution in [0.1, 0.15) is 40.4 Å². The molecule has 0 radical (unpaired) electrons. The third-order valence-electron chi connectivity index (χ3n) is 5.28. The predicted molar refractivity (Wildman–Crippen MR) is 108 cm³/mol. The maximum absolute atomic E-state index is 13.0. The number of nitrogens with zero attached hydrogens (tertiary/aromatic N) is 1. The largest absolute Gasteiger partial charge is 0.452 e. The predicted octanol–water partition coefficient (Wildman–Crippen LogP) is 2.35. The van der Waals surface area contributed by atoms with Gasteiger partial charge in [0.25, 0.3) is 11.8 Å². The Hall–Kier alpha value is -3.68. The van der Waals surface area contributed by atoms with Crippen LogP contribution in [0, 0.1) is 13.8 Å². The Kier molecular flexibility index (Phi) is 5.86. The number of ether oxygens (including phenoxy) is 1. The molecule has 8 heteroatoms. The van der Waals surface area contributed by atoms with Crippen LogP contribution in [0.15, 0.2) is 48.5 Å². The van der Waals surface area contributed by atoms with Crippen LogP contribution in [-0.4, -0.2) is 35.4 Å². The number of hydrogen-bond acceptors (Lipinski definition) is 5. The van der Waals surface area contributed by atoms with Gasteiger partial charge in [0.2, 0.25) is 0 Å². The number of hydrogen-bond donors (Lipinski definition) is 2. The van der Waals surface area contributed by atoms with Gasteiger partial charge in [-0.15, -0.1) is 0 Å². The fourth-order valence-electron chi connectivity index (χ4n) is 3.38. The van der Waals surface area contributed by atoms with Crippen molar-refractivity contribution < 1.29 is 23.9 Å². The van der Waals surface area contributed by atoms with Crippen molar-refractivity contribution in [3.05, 3.63) is 70.8 Å². The van der Waals surface area contributed by atoms with Crippen molar-refractivity contribution in [3.63, 3.8) is 0 Å². The molecule has 2 N–H and O–H groups in total. The fourth-order valence-corrected chi connectivity index (χ4v) is 3.38. The number of carbonyl (C=O) groups is 4. The molecular weight excluding hydrogens is 386 g/mol. The summed E-state index contributed by atoms with van der Waals surface area (Å²) in [5.74, 6) is -2.05. The van der Waals surface area contributed by atoms with Crippen LogP contribution in [-0.2, 0) is 19.9 Å². The van der Waals surface area contributed by atoms with Crippen LogP contribution in [0.5, 0.6) is 0 Å². The standard InChI is InChI=1S/C22H23N3O5/c1-4-22(16-10-6-5-7-11-16)20(28)25(21(29)23-22)24-18(26)13-30-19(27)17-12-8-9-14(2)15(17)3/h5-12H,4,13H2,1-3H3,(H,23,29)(H,24,26)/t22-/m0/s1. The molecule has 1 saturated heterocycles. The van der Waals surface area contributed by atoms with Gasteiger partial charge in [0.1, 0.15) is 5.54 Å². The second-order valence-electron chi connectivity index (χ2n) is 7.05. The number of rotatable bonds is 6. The van der Waals surface area contributed by atoms with Gasteiger partial charge in [-0.05, 0) is 43.0 Å². The first-order valence-electron chi connectivity index (χ1n) is 9.55. The van der Waals surface area contributed by atoms with E-state index in [9.17, 15) is 19.2 Å². The molecule has 1 aliphatic rings. The molecule has 0 bridgehead atoms. The zero-order valence-electron chi connectivity index (χ0n) is 17.0. The number of amides is 4. The number of aryl methyl sites for hydroxylation is 1. The normalized spacial score (nSPS) is 18.2. The van der Waals surface area contributed by atoms with E-state index in [0.29, 0.717) is 22.6 Å². The molecule has 0 aromatic heterocycles. The van der Waals surface area contributed by atoms with E-state index >= 15 is 0 Å². The van der Waals surface area contributed by atoms with Gasteiger partial charge >= 0.3 is 12.0 Å². The molecule has 1 heterocycles. The zero-order valence-corrected chi connectivity index (χ0v) is 17.0. The minimum atomic E-state index is -1.26. The first-order chi connectivity index (χ1) is 14.3. The number of benzene rings is 2. The number of carbonyl (C=O) groups excluding carboxylic acids is 4. The first kappa shape index (κ1) is 21.0. The van der Waals surface area contributed by atoms with Crippen molar-refractivity contribution in [2.45, 2.75) is 32.7 Å². The summed E-state index contributed by atoms with van der Waals surface area (Å²) >= 11 is 0. The number of imide groups is 1. The number of nitrogens with one attached hydrogen (secondary N) is 2. The first-order valence-corrected chi connectivity index (χ1v) is 9.55. The molecule has 0 saturated carbocycles. The van der Waals surface area contributed by atoms with E-state index in [-0.39, 0.29) is 0 Å². The number of hydrazine groups is 1. The Balaban J connectivity index is 1.67. The summed E-state index contributed by atoms with van der Waals surface area (Å²) in [5, 5.41) is 3.29. The van der Waals surface area contributed by atoms with Gasteiger partial charge < -0.3 is 10.1 Å². The van der Waals surface area contributed by atoms with Gasteiger partial charge in [-0.3, -0.25) is 15.0 Å². The summed E-state index contributed by atoms with van der Waals surface area (Å²) in [5.41, 5.74) is 3.61. The fraction of sp³-hybridized carbons (Fsp3) is 0.273. The second kappa shape index (κ2) is 8.36. The Morgan fingerprint density at radius 2 is 1.77 bits per heavy atom. The van der Waals surface area contributed by atoms with Crippen molar-refractivity contribution in [3.8, 4) is 0 Å². The Morgan fingerprint density at radius 3 is 2.43 bits per heavy atom. The summed E-state index contributed by atoms with van der Waals surface area (Å²) in [6.07, 6.45) is 0.301. The Bertz CT molecular complexity index is 1010. The van der Waals surface area contributed by atoms with Gasteiger partial charge in [-0.1, -0.05) is 49.4 Å². The highest BCUT2D eigenvalue weighted by atomic mass is 16.5. The Morgan fingerprint density at radius 1 is 1.07 bits per heavy atom. The lowest BCUT2D eigenvalue weighted by atomic mass is 9.87. The monoisotopic (exact) mass is 409 g/mol. The lowest BCUT2D eigenvalue weighted by Gasteiger charge is -2.25. The maximum Gasteiger partial charge on any atom is 0.344 e. The topological polar surface area (TPSA) is 105 Å².